The highest BCUT2D eigenvalue weighted by molar-refractivity contribution is 6.05. The molecule has 2 N–H and O–H groups in total. The van der Waals surface area contributed by atoms with Gasteiger partial charge >= 0.3 is 0 Å². The summed E-state index contributed by atoms with van der Waals surface area (Å²) in [5.74, 6) is 1.18. The van der Waals surface area contributed by atoms with Crippen molar-refractivity contribution < 1.29 is 19.1 Å². The average molecular weight is 435 g/mol. The first-order valence-corrected chi connectivity index (χ1v) is 10.8. The number of carbonyl (C=O) groups is 2. The first-order valence-electron chi connectivity index (χ1n) is 10.8. The molecule has 6 heteroatoms. The van der Waals surface area contributed by atoms with E-state index >= 15 is 0 Å². The minimum absolute atomic E-state index is 0.0336. The molecule has 1 atom stereocenters. The van der Waals surface area contributed by atoms with Crippen LogP contribution in [0.5, 0.6) is 11.5 Å². The van der Waals surface area contributed by atoms with Crippen molar-refractivity contribution in [3.63, 3.8) is 0 Å². The van der Waals surface area contributed by atoms with Crippen molar-refractivity contribution in [2.75, 3.05) is 17.7 Å². The molecule has 0 bridgehead atoms. The van der Waals surface area contributed by atoms with Crippen LogP contribution in [0.4, 0.5) is 11.4 Å². The van der Waals surface area contributed by atoms with Gasteiger partial charge in [-0.1, -0.05) is 30.4 Å². The SMILES string of the molecule is COc1cc(C=CC(=O)Nc2ccccc2NC(=O)CC2C=CCC2)ccc1OC(C)C. The van der Waals surface area contributed by atoms with E-state index in [0.29, 0.717) is 29.3 Å². The Balaban J connectivity index is 1.63. The summed E-state index contributed by atoms with van der Waals surface area (Å²) in [4.78, 5) is 24.9. The second-order valence-electron chi connectivity index (χ2n) is 7.96. The fraction of sp³-hybridized carbons (Fsp3) is 0.308. The Kier molecular flexibility index (Phi) is 8.08. The second kappa shape index (κ2) is 11.2. The fourth-order valence-corrected chi connectivity index (χ4v) is 3.49. The van der Waals surface area contributed by atoms with Crippen LogP contribution in [0.3, 0.4) is 0 Å². The molecule has 6 nitrogen and oxygen atoms in total. The van der Waals surface area contributed by atoms with Crippen molar-refractivity contribution in [2.24, 2.45) is 5.92 Å². The van der Waals surface area contributed by atoms with E-state index in [9.17, 15) is 9.59 Å². The van der Waals surface area contributed by atoms with Gasteiger partial charge in [-0.15, -0.1) is 0 Å². The van der Waals surface area contributed by atoms with Crippen LogP contribution in [0.25, 0.3) is 6.08 Å². The van der Waals surface area contributed by atoms with Crippen LogP contribution in [-0.2, 0) is 9.59 Å². The lowest BCUT2D eigenvalue weighted by molar-refractivity contribution is -0.117. The van der Waals surface area contributed by atoms with Crippen LogP contribution in [0.1, 0.15) is 38.7 Å². The number of amides is 2. The van der Waals surface area contributed by atoms with Crippen LogP contribution in [0, 0.1) is 5.92 Å². The van der Waals surface area contributed by atoms with E-state index in [0.717, 1.165) is 18.4 Å². The standard InChI is InChI=1S/C26H30N2O4/c1-18(2)32-23-14-12-20(16-24(23)31-3)13-15-25(29)27-21-10-6-7-11-22(21)28-26(30)17-19-8-4-5-9-19/h4,6-8,10-16,18-19H,5,9,17H2,1-3H3,(H,27,29)(H,28,30). The number of nitrogens with one attached hydrogen (secondary N) is 2. The number of methoxy groups -OCH3 is 1. The van der Waals surface area contributed by atoms with E-state index in [2.05, 4.69) is 22.8 Å². The van der Waals surface area contributed by atoms with E-state index in [1.54, 1.807) is 25.3 Å². The zero-order valence-corrected chi connectivity index (χ0v) is 18.8. The van der Waals surface area contributed by atoms with E-state index in [1.165, 1.54) is 6.08 Å². The monoisotopic (exact) mass is 434 g/mol. The molecule has 0 saturated carbocycles. The molecule has 1 aliphatic rings. The van der Waals surface area contributed by atoms with E-state index < -0.39 is 0 Å². The van der Waals surface area contributed by atoms with Gasteiger partial charge in [0.05, 0.1) is 24.6 Å². The van der Waals surface area contributed by atoms with Gasteiger partial charge in [-0.05, 0) is 68.5 Å². The zero-order chi connectivity index (χ0) is 22.9. The lowest BCUT2D eigenvalue weighted by Crippen LogP contribution is -2.17. The van der Waals surface area contributed by atoms with E-state index in [1.807, 2.05) is 44.2 Å². The maximum Gasteiger partial charge on any atom is 0.248 e. The summed E-state index contributed by atoms with van der Waals surface area (Å²) in [6, 6.07) is 12.7. The Hall–Kier alpha value is -3.54. The molecule has 0 aliphatic heterocycles. The Morgan fingerprint density at radius 2 is 1.84 bits per heavy atom. The summed E-state index contributed by atoms with van der Waals surface area (Å²) in [6.45, 7) is 3.90. The van der Waals surface area contributed by atoms with Gasteiger partial charge in [-0.3, -0.25) is 9.59 Å². The number of para-hydroxylation sites is 2. The van der Waals surface area contributed by atoms with Crippen molar-refractivity contribution in [2.45, 2.75) is 39.2 Å². The van der Waals surface area contributed by atoms with Gasteiger partial charge in [0.2, 0.25) is 11.8 Å². The van der Waals surface area contributed by atoms with Gasteiger partial charge in [0.15, 0.2) is 11.5 Å². The molecule has 2 aromatic carbocycles. The largest absolute Gasteiger partial charge is 0.493 e. The molecular formula is C26H30N2O4. The van der Waals surface area contributed by atoms with Crippen LogP contribution in [0.15, 0.2) is 60.7 Å². The number of hydrogen-bond acceptors (Lipinski definition) is 4. The normalized spacial score (nSPS) is 15.2. The third kappa shape index (κ3) is 6.74. The number of carbonyl (C=O) groups excluding carboxylic acids is 2. The van der Waals surface area contributed by atoms with E-state index in [4.69, 9.17) is 9.47 Å². The molecule has 1 unspecified atom stereocenters. The Morgan fingerprint density at radius 1 is 1.09 bits per heavy atom. The third-order valence-electron chi connectivity index (χ3n) is 5.00. The Bertz CT molecular complexity index is 1010. The predicted molar refractivity (Wildman–Crippen MR) is 128 cm³/mol. The quantitative estimate of drug-likeness (QED) is 0.408. The number of allylic oxidation sites excluding steroid dienone is 2. The molecule has 0 fully saturated rings. The van der Waals surface area contributed by atoms with Crippen molar-refractivity contribution in [3.8, 4) is 11.5 Å². The summed E-state index contributed by atoms with van der Waals surface area (Å²) in [6.07, 6.45) is 9.85. The molecule has 2 aromatic rings. The summed E-state index contributed by atoms with van der Waals surface area (Å²) in [5.41, 5.74) is 1.94. The first-order chi connectivity index (χ1) is 15.4. The van der Waals surface area contributed by atoms with Gasteiger partial charge in [-0.2, -0.15) is 0 Å². The summed E-state index contributed by atoms with van der Waals surface area (Å²) < 4.78 is 11.1. The number of benzene rings is 2. The second-order valence-corrected chi connectivity index (χ2v) is 7.96. The zero-order valence-electron chi connectivity index (χ0n) is 18.8. The molecule has 0 radical (unpaired) electrons. The third-order valence-corrected chi connectivity index (χ3v) is 5.00. The lowest BCUT2D eigenvalue weighted by Gasteiger charge is -2.14. The van der Waals surface area contributed by atoms with Crippen molar-refractivity contribution in [1.82, 2.24) is 0 Å². The van der Waals surface area contributed by atoms with Crippen LogP contribution >= 0.6 is 0 Å². The molecule has 3 rings (SSSR count). The molecule has 0 saturated heterocycles. The molecule has 2 amide bonds. The van der Waals surface area contributed by atoms with Gasteiger partial charge in [0.25, 0.3) is 0 Å². The number of ether oxygens (including phenoxy) is 2. The fourth-order valence-electron chi connectivity index (χ4n) is 3.49. The van der Waals surface area contributed by atoms with Crippen molar-refractivity contribution in [3.05, 3.63) is 66.3 Å². The highest BCUT2D eigenvalue weighted by atomic mass is 16.5. The summed E-state index contributed by atoms with van der Waals surface area (Å²) >= 11 is 0. The summed E-state index contributed by atoms with van der Waals surface area (Å²) in [7, 11) is 1.58. The minimum atomic E-state index is -0.299. The first kappa shape index (κ1) is 23.1. The highest BCUT2D eigenvalue weighted by Crippen LogP contribution is 2.29. The predicted octanol–water partition coefficient (Wildman–Crippen LogP) is 5.43. The van der Waals surface area contributed by atoms with Crippen molar-refractivity contribution >= 4 is 29.3 Å². The molecule has 0 aromatic heterocycles. The van der Waals surface area contributed by atoms with Gasteiger partial charge in [0.1, 0.15) is 0 Å². The molecular weight excluding hydrogens is 404 g/mol. The van der Waals surface area contributed by atoms with Crippen molar-refractivity contribution in [1.29, 1.82) is 0 Å². The topological polar surface area (TPSA) is 76.7 Å². The molecule has 1 aliphatic carbocycles. The maximum atomic E-state index is 12.5. The van der Waals surface area contributed by atoms with E-state index in [-0.39, 0.29) is 23.8 Å². The minimum Gasteiger partial charge on any atom is -0.493 e. The van der Waals surface area contributed by atoms with Gasteiger partial charge in [0, 0.05) is 12.5 Å². The Labute approximate surface area is 189 Å². The molecule has 0 spiro atoms. The van der Waals surface area contributed by atoms with Crippen LogP contribution in [-0.4, -0.2) is 25.0 Å². The lowest BCUT2D eigenvalue weighted by atomic mass is 10.0. The number of anilines is 2. The number of rotatable bonds is 9. The molecule has 32 heavy (non-hydrogen) atoms. The average Bonchev–Trinajstić information content (AvgIpc) is 3.27. The van der Waals surface area contributed by atoms with Gasteiger partial charge in [-0.25, -0.2) is 0 Å². The Morgan fingerprint density at radius 3 is 2.50 bits per heavy atom. The maximum absolute atomic E-state index is 12.5. The number of hydrogen-bond donors (Lipinski definition) is 2. The highest BCUT2D eigenvalue weighted by Gasteiger charge is 2.15. The van der Waals surface area contributed by atoms with Crippen LogP contribution in [0.2, 0.25) is 0 Å². The summed E-state index contributed by atoms with van der Waals surface area (Å²) in [5, 5.41) is 5.75. The molecule has 0 heterocycles. The smallest absolute Gasteiger partial charge is 0.248 e. The molecule has 168 valence electrons. The van der Waals surface area contributed by atoms with Gasteiger partial charge < -0.3 is 20.1 Å². The van der Waals surface area contributed by atoms with Crippen LogP contribution < -0.4 is 20.1 Å².